The second-order valence-corrected chi connectivity index (χ2v) is 5.40. The van der Waals surface area contributed by atoms with Gasteiger partial charge in [-0.3, -0.25) is 9.59 Å². The molecule has 0 radical (unpaired) electrons. The zero-order chi connectivity index (χ0) is 14.7. The quantitative estimate of drug-likeness (QED) is 0.898. The van der Waals surface area contributed by atoms with Crippen LogP contribution in [-0.4, -0.2) is 43.9 Å². The summed E-state index contributed by atoms with van der Waals surface area (Å²) in [6, 6.07) is 7.51. The number of para-hydroxylation sites is 1. The number of benzene rings is 1. The van der Waals surface area contributed by atoms with Gasteiger partial charge in [-0.1, -0.05) is 12.1 Å². The highest BCUT2D eigenvalue weighted by atomic mass is 16.2. The van der Waals surface area contributed by atoms with Crippen molar-refractivity contribution < 1.29 is 9.59 Å². The number of rotatable bonds is 3. The summed E-state index contributed by atoms with van der Waals surface area (Å²) in [6.45, 7) is 1.11. The minimum absolute atomic E-state index is 0.0275. The summed E-state index contributed by atoms with van der Waals surface area (Å²) in [5.41, 5.74) is 6.92. The van der Waals surface area contributed by atoms with Gasteiger partial charge in [0.15, 0.2) is 0 Å². The summed E-state index contributed by atoms with van der Waals surface area (Å²) in [5.74, 6) is -0.567. The third-order valence-electron chi connectivity index (χ3n) is 3.73. The van der Waals surface area contributed by atoms with Gasteiger partial charge in [-0.05, 0) is 25.0 Å². The molecule has 0 aromatic heterocycles. The number of likely N-dealkylation sites (tertiary alicyclic amines) is 1. The van der Waals surface area contributed by atoms with Crippen LogP contribution in [0.15, 0.2) is 24.3 Å². The highest BCUT2D eigenvalue weighted by molar-refractivity contribution is 6.00. The fraction of sp³-hybridized carbons (Fsp3) is 0.467. The Kier molecular flexibility index (Phi) is 4.27. The summed E-state index contributed by atoms with van der Waals surface area (Å²) in [7, 11) is 3.82. The van der Waals surface area contributed by atoms with E-state index >= 15 is 0 Å². The van der Waals surface area contributed by atoms with Crippen LogP contribution in [0.1, 0.15) is 23.2 Å². The summed E-state index contributed by atoms with van der Waals surface area (Å²) in [5, 5.41) is 0. The van der Waals surface area contributed by atoms with Crippen molar-refractivity contribution in [1.82, 2.24) is 4.90 Å². The molecular weight excluding hydrogens is 254 g/mol. The smallest absolute Gasteiger partial charge is 0.255 e. The molecule has 0 aliphatic carbocycles. The Balaban J connectivity index is 2.21. The van der Waals surface area contributed by atoms with Gasteiger partial charge >= 0.3 is 0 Å². The largest absolute Gasteiger partial charge is 0.377 e. The Hall–Kier alpha value is -2.04. The van der Waals surface area contributed by atoms with Crippen LogP contribution in [-0.2, 0) is 4.79 Å². The number of carbonyl (C=O) groups is 2. The normalized spacial score (nSPS) is 18.7. The number of carbonyl (C=O) groups excluding carboxylic acids is 2. The van der Waals surface area contributed by atoms with E-state index in [1.165, 1.54) is 0 Å². The first-order valence-corrected chi connectivity index (χ1v) is 6.85. The predicted molar refractivity (Wildman–Crippen MR) is 78.6 cm³/mol. The van der Waals surface area contributed by atoms with E-state index in [0.717, 1.165) is 18.5 Å². The molecule has 1 unspecified atom stereocenters. The predicted octanol–water partition coefficient (Wildman–Crippen LogP) is 1.09. The molecule has 2 N–H and O–H groups in total. The number of anilines is 1. The monoisotopic (exact) mass is 275 g/mol. The topological polar surface area (TPSA) is 66.6 Å². The number of piperidine rings is 1. The Labute approximate surface area is 119 Å². The van der Waals surface area contributed by atoms with E-state index in [4.69, 9.17) is 5.73 Å². The van der Waals surface area contributed by atoms with Crippen LogP contribution in [0.4, 0.5) is 5.69 Å². The summed E-state index contributed by atoms with van der Waals surface area (Å²) in [4.78, 5) is 27.6. The van der Waals surface area contributed by atoms with Crippen molar-refractivity contribution in [3.8, 4) is 0 Å². The van der Waals surface area contributed by atoms with Crippen LogP contribution >= 0.6 is 0 Å². The Bertz CT molecular complexity index is 514. The van der Waals surface area contributed by atoms with Crippen LogP contribution in [0.25, 0.3) is 0 Å². The van der Waals surface area contributed by atoms with Crippen LogP contribution in [0.5, 0.6) is 0 Å². The second-order valence-electron chi connectivity index (χ2n) is 5.40. The lowest BCUT2D eigenvalue weighted by Crippen LogP contribution is -2.44. The zero-order valence-corrected chi connectivity index (χ0v) is 12.0. The van der Waals surface area contributed by atoms with E-state index in [1.807, 2.05) is 43.3 Å². The molecule has 2 rings (SSSR count). The maximum Gasteiger partial charge on any atom is 0.255 e. The zero-order valence-electron chi connectivity index (χ0n) is 12.0. The highest BCUT2D eigenvalue weighted by Gasteiger charge is 2.28. The molecule has 1 fully saturated rings. The number of amides is 2. The Morgan fingerprint density at radius 3 is 2.65 bits per heavy atom. The van der Waals surface area contributed by atoms with Gasteiger partial charge in [0.05, 0.1) is 11.5 Å². The Morgan fingerprint density at radius 1 is 1.30 bits per heavy atom. The van der Waals surface area contributed by atoms with Gasteiger partial charge in [-0.15, -0.1) is 0 Å². The fourth-order valence-corrected chi connectivity index (χ4v) is 2.61. The molecule has 1 aliphatic rings. The third kappa shape index (κ3) is 2.92. The summed E-state index contributed by atoms with van der Waals surface area (Å²) in [6.07, 6.45) is 1.60. The van der Waals surface area contributed by atoms with Gasteiger partial charge in [-0.25, -0.2) is 0 Å². The van der Waals surface area contributed by atoms with Gasteiger partial charge in [0, 0.05) is 32.9 Å². The molecule has 5 heteroatoms. The molecule has 1 aromatic carbocycles. The number of nitrogens with two attached hydrogens (primary N) is 1. The SMILES string of the molecule is CN(C)c1ccccc1C(=O)N1CCCC(C(N)=O)C1. The van der Waals surface area contributed by atoms with Crippen molar-refractivity contribution in [3.05, 3.63) is 29.8 Å². The van der Waals surface area contributed by atoms with Crippen LogP contribution in [0.2, 0.25) is 0 Å². The molecule has 0 spiro atoms. The minimum atomic E-state index is -0.316. The van der Waals surface area contributed by atoms with Crippen LogP contribution in [0.3, 0.4) is 0 Å². The van der Waals surface area contributed by atoms with Crippen molar-refractivity contribution in [1.29, 1.82) is 0 Å². The van der Waals surface area contributed by atoms with Crippen LogP contribution < -0.4 is 10.6 Å². The molecule has 108 valence electrons. The maximum absolute atomic E-state index is 12.6. The van der Waals surface area contributed by atoms with Crippen molar-refractivity contribution >= 4 is 17.5 Å². The molecule has 0 saturated carbocycles. The maximum atomic E-state index is 12.6. The van der Waals surface area contributed by atoms with E-state index < -0.39 is 0 Å². The molecule has 1 aromatic rings. The summed E-state index contributed by atoms with van der Waals surface area (Å²) >= 11 is 0. The fourth-order valence-electron chi connectivity index (χ4n) is 2.61. The van der Waals surface area contributed by atoms with E-state index in [1.54, 1.807) is 4.90 Å². The average molecular weight is 275 g/mol. The molecular formula is C15H21N3O2. The molecule has 2 amide bonds. The van der Waals surface area contributed by atoms with Crippen LogP contribution in [0, 0.1) is 5.92 Å². The van der Waals surface area contributed by atoms with Crippen molar-refractivity contribution in [2.75, 3.05) is 32.1 Å². The molecule has 0 bridgehead atoms. The standard InChI is InChI=1S/C15H21N3O2/c1-17(2)13-8-4-3-7-12(13)15(20)18-9-5-6-11(10-18)14(16)19/h3-4,7-8,11H,5-6,9-10H2,1-2H3,(H2,16,19). The second kappa shape index (κ2) is 5.94. The number of primary amides is 1. The lowest BCUT2D eigenvalue weighted by molar-refractivity contribution is -0.123. The molecule has 1 atom stereocenters. The number of nitrogens with zero attached hydrogens (tertiary/aromatic N) is 2. The van der Waals surface area contributed by atoms with Crippen molar-refractivity contribution in [2.24, 2.45) is 11.7 Å². The lowest BCUT2D eigenvalue weighted by atomic mass is 9.96. The molecule has 1 heterocycles. The van der Waals surface area contributed by atoms with E-state index in [0.29, 0.717) is 18.7 Å². The molecule has 1 aliphatic heterocycles. The van der Waals surface area contributed by atoms with Gasteiger partial charge in [0.1, 0.15) is 0 Å². The van der Waals surface area contributed by atoms with Crippen molar-refractivity contribution in [2.45, 2.75) is 12.8 Å². The number of hydrogen-bond acceptors (Lipinski definition) is 3. The highest BCUT2D eigenvalue weighted by Crippen LogP contribution is 2.23. The lowest BCUT2D eigenvalue weighted by Gasteiger charge is -2.32. The van der Waals surface area contributed by atoms with Gasteiger partial charge in [0.25, 0.3) is 5.91 Å². The molecule has 5 nitrogen and oxygen atoms in total. The molecule has 20 heavy (non-hydrogen) atoms. The first-order valence-electron chi connectivity index (χ1n) is 6.85. The van der Waals surface area contributed by atoms with E-state index in [-0.39, 0.29) is 17.7 Å². The third-order valence-corrected chi connectivity index (χ3v) is 3.73. The van der Waals surface area contributed by atoms with Gasteiger partial charge < -0.3 is 15.5 Å². The van der Waals surface area contributed by atoms with Gasteiger partial charge in [-0.2, -0.15) is 0 Å². The van der Waals surface area contributed by atoms with E-state index in [2.05, 4.69) is 0 Å². The van der Waals surface area contributed by atoms with Crippen molar-refractivity contribution in [3.63, 3.8) is 0 Å². The van der Waals surface area contributed by atoms with Gasteiger partial charge in [0.2, 0.25) is 5.91 Å². The Morgan fingerprint density at radius 2 is 2.00 bits per heavy atom. The molecule has 1 saturated heterocycles. The average Bonchev–Trinajstić information content (AvgIpc) is 2.46. The van der Waals surface area contributed by atoms with E-state index in [9.17, 15) is 9.59 Å². The minimum Gasteiger partial charge on any atom is -0.377 e. The summed E-state index contributed by atoms with van der Waals surface area (Å²) < 4.78 is 0. The first kappa shape index (κ1) is 14.4. The first-order chi connectivity index (χ1) is 9.50. The number of hydrogen-bond donors (Lipinski definition) is 1.